The largest absolute Gasteiger partial charge is 0.477 e. The summed E-state index contributed by atoms with van der Waals surface area (Å²) in [6.07, 6.45) is -95.6. The van der Waals surface area contributed by atoms with Crippen LogP contribution < -0.4 is 5.32 Å². The second-order valence-electron chi connectivity index (χ2n) is 26.9. The van der Waals surface area contributed by atoms with Crippen molar-refractivity contribution in [2.24, 2.45) is 0 Å². The zero-order chi connectivity index (χ0) is 78.9. The Morgan fingerprint density at radius 1 is 0.364 bits per heavy atom. The topological polar surface area (TPSA) is 790 Å². The van der Waals surface area contributed by atoms with Crippen LogP contribution in [0.5, 0.6) is 0 Å². The maximum absolute atomic E-state index is 12.7. The molecule has 9 aliphatic rings. The van der Waals surface area contributed by atoms with E-state index >= 15 is 0 Å². The third-order valence-corrected chi connectivity index (χ3v) is 19.7. The highest BCUT2D eigenvalue weighted by Crippen LogP contribution is 2.41. The molecule has 9 saturated heterocycles. The molecule has 0 bridgehead atoms. The van der Waals surface area contributed by atoms with E-state index in [4.69, 9.17) is 80.5 Å². The molecule has 0 aromatic heterocycles. The highest BCUT2D eigenvalue weighted by molar-refractivity contribution is 5.75. The van der Waals surface area contributed by atoms with E-state index < -0.39 is 354 Å². The maximum Gasteiger partial charge on any atom is 0.364 e. The molecule has 0 radical (unpaired) electrons. The van der Waals surface area contributed by atoms with Crippen LogP contribution in [-0.2, 0) is 90.1 Å². The van der Waals surface area contributed by atoms with Crippen LogP contribution in [0.15, 0.2) is 0 Å². The van der Waals surface area contributed by atoms with Crippen molar-refractivity contribution in [3.63, 3.8) is 0 Å². The number of ether oxygens (including phenoxy) is 17. The van der Waals surface area contributed by atoms with Crippen LogP contribution in [0.2, 0.25) is 0 Å². The number of amides is 1. The molecule has 9 aliphatic heterocycles. The minimum atomic E-state index is -3.34. The smallest absolute Gasteiger partial charge is 0.364 e. The summed E-state index contributed by atoms with van der Waals surface area (Å²) in [6, 6.07) is -1.85. The first-order valence-corrected chi connectivity index (χ1v) is 33.7. The first-order valence-electron chi connectivity index (χ1n) is 33.7. The van der Waals surface area contributed by atoms with Gasteiger partial charge in [0.25, 0.3) is 5.79 Å². The van der Waals surface area contributed by atoms with Crippen molar-refractivity contribution >= 4 is 11.9 Å². The highest BCUT2D eigenvalue weighted by Gasteiger charge is 2.62. The van der Waals surface area contributed by atoms with Crippen LogP contribution in [0, 0.1) is 0 Å². The Bertz CT molecular complexity index is 2760. The van der Waals surface area contributed by atoms with Gasteiger partial charge in [0.1, 0.15) is 214 Å². The number of aliphatic hydroxyl groups is 28. The van der Waals surface area contributed by atoms with Gasteiger partial charge in [-0.25, -0.2) is 4.79 Å². The van der Waals surface area contributed by atoms with Gasteiger partial charge in [-0.05, 0) is 0 Å². The molecule has 0 aliphatic carbocycles. The third kappa shape index (κ3) is 18.6. The van der Waals surface area contributed by atoms with E-state index in [9.17, 15) is 158 Å². The molecule has 1 unspecified atom stereocenters. The van der Waals surface area contributed by atoms with Gasteiger partial charge < -0.3 is 234 Å². The first-order chi connectivity index (χ1) is 50.6. The Morgan fingerprint density at radius 2 is 0.682 bits per heavy atom. The summed E-state index contributed by atoms with van der Waals surface area (Å²) >= 11 is 0. The van der Waals surface area contributed by atoms with Crippen LogP contribution >= 0.6 is 0 Å². The summed E-state index contributed by atoms with van der Waals surface area (Å²) in [5, 5.41) is 319. The number of nitrogens with one attached hydrogen (secondary N) is 1. The first kappa shape index (κ1) is 88.1. The summed E-state index contributed by atoms with van der Waals surface area (Å²) in [7, 11) is 0. The lowest BCUT2D eigenvalue weighted by atomic mass is 9.92. The summed E-state index contributed by atoms with van der Waals surface area (Å²) in [6.45, 7) is -9.55. The molecule has 30 N–H and O–H groups in total. The van der Waals surface area contributed by atoms with E-state index in [-0.39, 0.29) is 0 Å². The molecule has 0 saturated carbocycles. The van der Waals surface area contributed by atoms with Gasteiger partial charge in [-0.1, -0.05) is 0 Å². The second kappa shape index (κ2) is 37.6. The number of rotatable bonds is 28. The monoisotopic (exact) mass is 1580 g/mol. The SMILES string of the molecule is CC(=O)N[C@H]1[C@@H](O[C@H]2[C@H](O[C@H]3[C@H](O[C@@H]4O[C@H](CO)[C@@H](O)[C@H](O)[C@H]4O)[C@@H](O)[C@@H](O[C@H]4[C@@H]([C@H](O)CO)OC(O)(C(=O)O)C[C@H]4O)O[C@@H]3CO[C@@H]3O[C@H](CO)[C@@H](O)[C@H](O)[C@H]3O[C@H]3O[C@H](CO)[C@@H](O[C@@H]4O[C@H](CO)[C@H](O[C@H]5O[C@H](CO)[C@H](O)[C@H](O)[C@H]5O)[C@H](O)[C@H]4O)[C@H](O)[C@H]3O)O[C@H](CO)[C@@H](O)[C@@H]2O)O[C@H](CO)[C@@H](O)[C@@H]1O. The molecule has 45 atom stereocenters. The van der Waals surface area contributed by atoms with E-state index in [1.54, 1.807) is 0 Å². The van der Waals surface area contributed by atoms with Crippen molar-refractivity contribution in [2.75, 3.05) is 59.5 Å². The average molecular weight is 1580 g/mol. The molecule has 0 aromatic rings. The molecular formula is C58H97NO48. The van der Waals surface area contributed by atoms with Crippen LogP contribution in [0.3, 0.4) is 0 Å². The van der Waals surface area contributed by atoms with Crippen molar-refractivity contribution in [1.82, 2.24) is 5.32 Å². The van der Waals surface area contributed by atoms with Gasteiger partial charge in [0, 0.05) is 13.3 Å². The van der Waals surface area contributed by atoms with Gasteiger partial charge in [0.15, 0.2) is 50.3 Å². The number of carbonyl (C=O) groups is 2. The standard InChI is InChI=1S/C58H97NO48/c1-12(68)59-23-29(76)24(71)15(4-61)92-49(23)105-48-33(80)28(75)19(8-65)96-56(48)103-45-22(99-54(40(87)46(45)104-51-37(84)31(78)26(73)17(6-63)94-51)100-41-13(69)2-58(90,57(88)89)107-42(41)14(70)3-60)11-91-55-47(32(79)27(74)18(7-64)95-55)106-53-39(86)35(82)44(21(10-67)98-53)102-52-38(85)34(81)43(20(9-66)97-52)101-50-36(83)30(77)25(72)16(5-62)93-50/h13-56,60-67,69-87,90H,2-11H2,1H3,(H,59,68)(H,88,89)/t13-,14-,15-,16-,17-,18-,19-,20-,21-,22-,23-,24-,25+,26-,27-,28-,29-,30+,31+,32+,33+,34-,35-,36-,37-,38-,39-,40-,41-,42-,43+,44-,45-,46-,47-,48-,49-,50-,51+,52+,53-,54-,55-,56+,58?/m1/s1. The van der Waals surface area contributed by atoms with Crippen LogP contribution in [0.25, 0.3) is 0 Å². The number of carbonyl (C=O) groups excluding carboxylic acids is 1. The lowest BCUT2D eigenvalue weighted by Crippen LogP contribution is -2.70. The summed E-state index contributed by atoms with van der Waals surface area (Å²) in [4.78, 5) is 24.8. The molecule has 49 nitrogen and oxygen atoms in total. The Morgan fingerprint density at radius 3 is 1.11 bits per heavy atom. The number of carboxylic acid groups (broad SMARTS) is 1. The van der Waals surface area contributed by atoms with E-state index in [0.717, 1.165) is 6.92 Å². The van der Waals surface area contributed by atoms with E-state index in [1.165, 1.54) is 0 Å². The molecule has 9 rings (SSSR count). The molecule has 1 amide bonds. The summed E-state index contributed by atoms with van der Waals surface area (Å²) in [5.74, 6) is -6.40. The minimum absolute atomic E-state index is 0.912. The van der Waals surface area contributed by atoms with Crippen molar-refractivity contribution in [2.45, 2.75) is 289 Å². The van der Waals surface area contributed by atoms with Gasteiger partial charge in [-0.3, -0.25) is 4.79 Å². The number of aliphatic hydroxyl groups excluding tert-OH is 27. The fourth-order valence-corrected chi connectivity index (χ4v) is 13.7. The molecule has 0 spiro atoms. The van der Waals surface area contributed by atoms with E-state index in [2.05, 4.69) is 5.32 Å². The molecule has 622 valence electrons. The molecule has 0 aromatic carbocycles. The lowest BCUT2D eigenvalue weighted by molar-refractivity contribution is -0.412. The summed E-state index contributed by atoms with van der Waals surface area (Å²) in [5.41, 5.74) is 0. The Balaban J connectivity index is 1.06. The molecular weight excluding hydrogens is 1480 g/mol. The predicted molar refractivity (Wildman–Crippen MR) is 320 cm³/mol. The fraction of sp³-hybridized carbons (Fsp3) is 0.966. The van der Waals surface area contributed by atoms with E-state index in [1.807, 2.05) is 0 Å². The Hall–Kier alpha value is -2.86. The number of hydrogen-bond donors (Lipinski definition) is 30. The maximum atomic E-state index is 12.7. The zero-order valence-corrected chi connectivity index (χ0v) is 56.2. The highest BCUT2D eigenvalue weighted by atomic mass is 16.8. The normalized spacial score (nSPS) is 51.1. The van der Waals surface area contributed by atoms with Gasteiger partial charge >= 0.3 is 5.97 Å². The number of aliphatic carboxylic acids is 1. The quantitative estimate of drug-likeness (QED) is 0.0346. The number of hydrogen-bond acceptors (Lipinski definition) is 47. The number of carboxylic acids is 1. The third-order valence-electron chi connectivity index (χ3n) is 19.7. The molecule has 49 heteroatoms. The fourth-order valence-electron chi connectivity index (χ4n) is 13.7. The zero-order valence-electron chi connectivity index (χ0n) is 56.2. The lowest BCUT2D eigenvalue weighted by Gasteiger charge is -2.52. The van der Waals surface area contributed by atoms with Gasteiger partial charge in [0.05, 0.1) is 65.6 Å². The Kier molecular flexibility index (Phi) is 31.0. The molecule has 107 heavy (non-hydrogen) atoms. The van der Waals surface area contributed by atoms with Crippen LogP contribution in [0.1, 0.15) is 13.3 Å². The molecule has 9 heterocycles. The predicted octanol–water partition coefficient (Wildman–Crippen LogP) is -20.6. The van der Waals surface area contributed by atoms with E-state index in [0.29, 0.717) is 0 Å². The van der Waals surface area contributed by atoms with Gasteiger partial charge in [0.2, 0.25) is 5.91 Å². The van der Waals surface area contributed by atoms with Gasteiger partial charge in [-0.2, -0.15) is 0 Å². The van der Waals surface area contributed by atoms with Gasteiger partial charge in [-0.15, -0.1) is 0 Å². The van der Waals surface area contributed by atoms with Crippen LogP contribution in [0.4, 0.5) is 0 Å². The average Bonchev–Trinajstić information content (AvgIpc) is 0.764. The second-order valence-corrected chi connectivity index (χ2v) is 26.9. The van der Waals surface area contributed by atoms with Crippen molar-refractivity contribution in [3.8, 4) is 0 Å². The van der Waals surface area contributed by atoms with Crippen LogP contribution in [-0.4, -0.2) is 495 Å². The Labute approximate surface area is 602 Å². The summed E-state index contributed by atoms with van der Waals surface area (Å²) < 4.78 is 99.4. The minimum Gasteiger partial charge on any atom is -0.477 e. The molecule has 9 fully saturated rings. The van der Waals surface area contributed by atoms with Crippen molar-refractivity contribution in [1.29, 1.82) is 0 Å². The van der Waals surface area contributed by atoms with Crippen molar-refractivity contribution in [3.05, 3.63) is 0 Å². The van der Waals surface area contributed by atoms with Crippen molar-refractivity contribution < 1.29 is 238 Å².